The van der Waals surface area contributed by atoms with Gasteiger partial charge < -0.3 is 15.0 Å². The van der Waals surface area contributed by atoms with E-state index in [0.29, 0.717) is 12.6 Å². The van der Waals surface area contributed by atoms with Gasteiger partial charge in [0.15, 0.2) is 0 Å². The number of hydrogen-bond donors (Lipinski definition) is 2. The van der Waals surface area contributed by atoms with Crippen LogP contribution < -0.4 is 5.32 Å². The third-order valence-corrected chi connectivity index (χ3v) is 6.02. The van der Waals surface area contributed by atoms with Crippen molar-refractivity contribution >= 4 is 23.2 Å². The first-order valence-electron chi connectivity index (χ1n) is 9.88. The standard InChI is InChI=1S/C17H23N5OS.C2HF3O2/c1-12-19-14(10-24-12)7-21-8-15-6-18-11-22(15)16(9-21)17(23)20-13-4-2-3-5-13;3-2(4,5)1(6)7/h6,10-11,13,16H,2-5,7-9H2,1H3,(H,20,23);(H,6,7). The Balaban J connectivity index is 0.000000339. The van der Waals surface area contributed by atoms with Gasteiger partial charge in [-0.25, -0.2) is 14.8 Å². The van der Waals surface area contributed by atoms with Crippen LogP contribution in [0, 0.1) is 6.92 Å². The van der Waals surface area contributed by atoms with E-state index < -0.39 is 12.1 Å². The predicted octanol–water partition coefficient (Wildman–Crippen LogP) is 2.90. The van der Waals surface area contributed by atoms with Crippen LogP contribution in [0.5, 0.6) is 0 Å². The number of nitrogens with zero attached hydrogens (tertiary/aromatic N) is 4. The van der Waals surface area contributed by atoms with Crippen LogP contribution in [0.3, 0.4) is 0 Å². The summed E-state index contributed by atoms with van der Waals surface area (Å²) in [5.74, 6) is -2.63. The lowest BCUT2D eigenvalue weighted by Crippen LogP contribution is -2.46. The van der Waals surface area contributed by atoms with Crippen LogP contribution in [0.2, 0.25) is 0 Å². The van der Waals surface area contributed by atoms with Gasteiger partial charge in [0.1, 0.15) is 6.04 Å². The zero-order chi connectivity index (χ0) is 22.6. The normalized spacial score (nSPS) is 19.4. The summed E-state index contributed by atoms with van der Waals surface area (Å²) in [6.45, 7) is 4.32. The molecule has 8 nitrogen and oxygen atoms in total. The highest BCUT2D eigenvalue weighted by atomic mass is 32.1. The van der Waals surface area contributed by atoms with Crippen molar-refractivity contribution in [1.82, 2.24) is 24.8 Å². The number of thiazole rings is 1. The SMILES string of the molecule is Cc1nc(CN2Cc3cncn3C(C(=O)NC3CCCC3)C2)cs1.O=C(O)C(F)(F)F. The van der Waals surface area contributed by atoms with E-state index in [1.54, 1.807) is 17.7 Å². The Morgan fingerprint density at radius 1 is 1.32 bits per heavy atom. The Bertz CT molecular complexity index is 908. The number of aliphatic carboxylic acids is 1. The van der Waals surface area contributed by atoms with Crippen molar-refractivity contribution in [2.45, 2.75) is 64.0 Å². The van der Waals surface area contributed by atoms with Crippen molar-refractivity contribution in [3.05, 3.63) is 34.3 Å². The zero-order valence-electron chi connectivity index (χ0n) is 16.9. The molecule has 0 bridgehead atoms. The molecular weight excluding hydrogens is 435 g/mol. The molecule has 1 aliphatic carbocycles. The molecule has 2 N–H and O–H groups in total. The summed E-state index contributed by atoms with van der Waals surface area (Å²) in [5, 5.41) is 13.6. The largest absolute Gasteiger partial charge is 0.490 e. The van der Waals surface area contributed by atoms with Gasteiger partial charge in [0.05, 0.1) is 22.7 Å². The molecule has 1 amide bonds. The van der Waals surface area contributed by atoms with E-state index in [0.717, 1.165) is 42.3 Å². The molecule has 1 fully saturated rings. The van der Waals surface area contributed by atoms with E-state index >= 15 is 0 Å². The number of nitrogens with one attached hydrogen (secondary N) is 1. The first-order chi connectivity index (χ1) is 14.6. The Labute approximate surface area is 181 Å². The number of carboxylic acids is 1. The number of amides is 1. The molecule has 2 aromatic rings. The molecule has 1 unspecified atom stereocenters. The van der Waals surface area contributed by atoms with E-state index in [4.69, 9.17) is 9.90 Å². The summed E-state index contributed by atoms with van der Waals surface area (Å²) >= 11 is 1.67. The molecule has 2 aliphatic rings. The fraction of sp³-hybridized carbons (Fsp3) is 0.579. The lowest BCUT2D eigenvalue weighted by atomic mass is 10.1. The number of carbonyl (C=O) groups is 2. The number of carbonyl (C=O) groups excluding carboxylic acids is 1. The van der Waals surface area contributed by atoms with Crippen LogP contribution in [-0.2, 0) is 22.7 Å². The van der Waals surface area contributed by atoms with E-state index in [1.165, 1.54) is 12.8 Å². The number of aromatic nitrogens is 3. The molecule has 3 heterocycles. The first kappa shape index (κ1) is 23.2. The van der Waals surface area contributed by atoms with E-state index in [2.05, 4.69) is 25.6 Å². The van der Waals surface area contributed by atoms with Crippen molar-refractivity contribution in [3.8, 4) is 0 Å². The van der Waals surface area contributed by atoms with Gasteiger partial charge in [-0.05, 0) is 19.8 Å². The smallest absolute Gasteiger partial charge is 0.475 e. The summed E-state index contributed by atoms with van der Waals surface area (Å²) in [6.07, 6.45) is 3.24. The summed E-state index contributed by atoms with van der Waals surface area (Å²) in [5.41, 5.74) is 2.18. The number of aryl methyl sites for hydroxylation is 1. The highest BCUT2D eigenvalue weighted by Crippen LogP contribution is 2.25. The second kappa shape index (κ2) is 9.77. The van der Waals surface area contributed by atoms with Crippen LogP contribution in [0.1, 0.15) is 48.1 Å². The molecule has 4 rings (SSSR count). The van der Waals surface area contributed by atoms with Gasteiger partial charge in [0, 0.05) is 37.3 Å². The number of carboxylic acid groups (broad SMARTS) is 1. The van der Waals surface area contributed by atoms with Crippen LogP contribution in [-0.4, -0.2) is 55.2 Å². The summed E-state index contributed by atoms with van der Waals surface area (Å²) in [6, 6.07) is 0.151. The fourth-order valence-electron chi connectivity index (χ4n) is 3.77. The minimum atomic E-state index is -5.08. The van der Waals surface area contributed by atoms with Gasteiger partial charge in [0.25, 0.3) is 0 Å². The monoisotopic (exact) mass is 459 g/mol. The number of hydrogen-bond acceptors (Lipinski definition) is 6. The predicted molar refractivity (Wildman–Crippen MR) is 106 cm³/mol. The number of rotatable bonds is 4. The number of imidazole rings is 1. The van der Waals surface area contributed by atoms with Crippen molar-refractivity contribution in [3.63, 3.8) is 0 Å². The van der Waals surface area contributed by atoms with Gasteiger partial charge in [-0.2, -0.15) is 13.2 Å². The Morgan fingerprint density at radius 2 is 2.00 bits per heavy atom. The van der Waals surface area contributed by atoms with Gasteiger partial charge in [-0.3, -0.25) is 9.69 Å². The average Bonchev–Trinajstić information content (AvgIpc) is 3.43. The molecule has 170 valence electrons. The molecule has 1 atom stereocenters. The number of alkyl halides is 3. The topological polar surface area (TPSA) is 100 Å². The minimum absolute atomic E-state index is 0.125. The van der Waals surface area contributed by atoms with Gasteiger partial charge in [-0.15, -0.1) is 11.3 Å². The average molecular weight is 459 g/mol. The van der Waals surface area contributed by atoms with E-state index in [1.807, 2.05) is 17.7 Å². The van der Waals surface area contributed by atoms with Crippen molar-refractivity contribution < 1.29 is 27.9 Å². The summed E-state index contributed by atoms with van der Waals surface area (Å²) in [4.78, 5) is 32.8. The van der Waals surface area contributed by atoms with Crippen molar-refractivity contribution in [2.75, 3.05) is 6.54 Å². The van der Waals surface area contributed by atoms with Crippen LogP contribution >= 0.6 is 11.3 Å². The maximum atomic E-state index is 12.8. The maximum absolute atomic E-state index is 12.8. The molecule has 1 saturated carbocycles. The molecule has 31 heavy (non-hydrogen) atoms. The maximum Gasteiger partial charge on any atom is 0.490 e. The third-order valence-electron chi connectivity index (χ3n) is 5.20. The molecule has 0 spiro atoms. The van der Waals surface area contributed by atoms with Gasteiger partial charge in [-0.1, -0.05) is 12.8 Å². The van der Waals surface area contributed by atoms with E-state index in [9.17, 15) is 18.0 Å². The second-order valence-corrected chi connectivity index (χ2v) is 8.69. The summed E-state index contributed by atoms with van der Waals surface area (Å²) in [7, 11) is 0. The second-order valence-electron chi connectivity index (χ2n) is 7.63. The fourth-order valence-corrected chi connectivity index (χ4v) is 4.37. The Hall–Kier alpha value is -2.47. The molecule has 0 saturated heterocycles. The lowest BCUT2D eigenvalue weighted by Gasteiger charge is -2.33. The van der Waals surface area contributed by atoms with Crippen LogP contribution in [0.15, 0.2) is 17.9 Å². The van der Waals surface area contributed by atoms with Crippen LogP contribution in [0.25, 0.3) is 0 Å². The minimum Gasteiger partial charge on any atom is -0.475 e. The lowest BCUT2D eigenvalue weighted by molar-refractivity contribution is -0.192. The first-order valence-corrected chi connectivity index (χ1v) is 10.8. The highest BCUT2D eigenvalue weighted by molar-refractivity contribution is 7.09. The molecule has 0 aromatic carbocycles. The van der Waals surface area contributed by atoms with Crippen LogP contribution in [0.4, 0.5) is 13.2 Å². The highest BCUT2D eigenvalue weighted by Gasteiger charge is 2.38. The molecule has 0 radical (unpaired) electrons. The number of fused-ring (bicyclic) bond motifs is 1. The van der Waals surface area contributed by atoms with Crippen molar-refractivity contribution in [1.29, 1.82) is 0 Å². The quantitative estimate of drug-likeness (QED) is 0.729. The number of halogens is 3. The Kier molecular flexibility index (Phi) is 7.31. The molecule has 2 aromatic heterocycles. The van der Waals surface area contributed by atoms with Gasteiger partial charge in [0.2, 0.25) is 5.91 Å². The van der Waals surface area contributed by atoms with Gasteiger partial charge >= 0.3 is 12.1 Å². The molecule has 12 heteroatoms. The zero-order valence-corrected chi connectivity index (χ0v) is 17.7. The van der Waals surface area contributed by atoms with Crippen molar-refractivity contribution in [2.24, 2.45) is 0 Å². The third kappa shape index (κ3) is 6.26. The molecule has 1 aliphatic heterocycles. The summed E-state index contributed by atoms with van der Waals surface area (Å²) < 4.78 is 33.8. The molecular formula is C19H24F3N5O3S. The van der Waals surface area contributed by atoms with E-state index in [-0.39, 0.29) is 11.9 Å². The Morgan fingerprint density at radius 3 is 2.58 bits per heavy atom.